The molecule has 0 bridgehead atoms. The Morgan fingerprint density at radius 3 is 1.33 bits per heavy atom. The Morgan fingerprint density at radius 2 is 0.917 bits per heavy atom. The highest BCUT2D eigenvalue weighted by Crippen LogP contribution is 2.44. The maximum Gasteiger partial charge on any atom is 0.117 e. The normalized spacial score (nSPS) is 11.5. The summed E-state index contributed by atoms with van der Waals surface area (Å²) in [5.74, 6) is 2.03. The Balaban J connectivity index is 1.42. The second-order valence-corrected chi connectivity index (χ2v) is 12.2. The molecule has 0 saturated carbocycles. The number of para-hydroxylation sites is 4. The Kier molecular flexibility index (Phi) is 5.96. The van der Waals surface area contributed by atoms with Crippen LogP contribution < -0.4 is 0 Å². The standard InChI is InChI=1S/C42H28N6/c1-45-21-9-19-39(45)47-37-17-5-3-11-28(37)30-13-7-15-32(41(30)47)34-23-27(25-43)24-35(36(34)26-44)33-16-8-14-31-29-12-4-6-18-38(29)48(42(31)33)40-20-10-22-46(40)2/h3-24H,1-2H3. The number of hydrogen-bond donors (Lipinski definition) is 0. The lowest BCUT2D eigenvalue weighted by molar-refractivity contribution is 0.870. The molecular formula is C42H28N6. The van der Waals surface area contributed by atoms with E-state index in [2.05, 4.69) is 115 Å². The third-order valence-electron chi connectivity index (χ3n) is 9.64. The minimum absolute atomic E-state index is 0.496. The van der Waals surface area contributed by atoms with Crippen LogP contribution in [-0.2, 0) is 14.1 Å². The van der Waals surface area contributed by atoms with Gasteiger partial charge in [0.2, 0.25) is 0 Å². The molecule has 5 aromatic carbocycles. The van der Waals surface area contributed by atoms with E-state index in [4.69, 9.17) is 0 Å². The lowest BCUT2D eigenvalue weighted by atomic mass is 9.88. The number of fused-ring (bicyclic) bond motifs is 6. The van der Waals surface area contributed by atoms with Crippen LogP contribution in [0.15, 0.2) is 134 Å². The second-order valence-electron chi connectivity index (χ2n) is 12.2. The van der Waals surface area contributed by atoms with Gasteiger partial charge in [-0.3, -0.25) is 9.13 Å². The van der Waals surface area contributed by atoms with Gasteiger partial charge in [-0.05, 0) is 48.5 Å². The van der Waals surface area contributed by atoms with Gasteiger partial charge >= 0.3 is 0 Å². The highest BCUT2D eigenvalue weighted by atomic mass is 15.1. The van der Waals surface area contributed by atoms with E-state index in [1.54, 1.807) is 0 Å². The Labute approximate surface area is 276 Å². The molecule has 0 amide bonds. The smallest absolute Gasteiger partial charge is 0.117 e. The third-order valence-corrected chi connectivity index (χ3v) is 9.64. The van der Waals surface area contributed by atoms with Crippen molar-refractivity contribution in [1.29, 1.82) is 10.5 Å². The van der Waals surface area contributed by atoms with Gasteiger partial charge < -0.3 is 9.13 Å². The first-order valence-electron chi connectivity index (χ1n) is 15.9. The van der Waals surface area contributed by atoms with E-state index >= 15 is 0 Å². The van der Waals surface area contributed by atoms with Gasteiger partial charge in [0.05, 0.1) is 39.3 Å². The maximum absolute atomic E-state index is 11.0. The number of benzene rings is 5. The summed E-state index contributed by atoms with van der Waals surface area (Å²) in [5, 5.41) is 25.9. The number of nitriles is 2. The molecule has 0 atom stereocenters. The van der Waals surface area contributed by atoms with Crippen LogP contribution in [0.1, 0.15) is 11.1 Å². The first-order valence-corrected chi connectivity index (χ1v) is 15.9. The average Bonchev–Trinajstić information content (AvgIpc) is 3.90. The minimum Gasteiger partial charge on any atom is -0.337 e. The molecule has 9 rings (SSSR count). The van der Waals surface area contributed by atoms with Crippen LogP contribution in [0.5, 0.6) is 0 Å². The monoisotopic (exact) mass is 616 g/mol. The van der Waals surface area contributed by atoms with E-state index in [1.807, 2.05) is 62.9 Å². The molecule has 0 aliphatic carbocycles. The molecule has 0 aliphatic rings. The van der Waals surface area contributed by atoms with Gasteiger partial charge in [0, 0.05) is 70.3 Å². The highest BCUT2D eigenvalue weighted by molar-refractivity contribution is 6.16. The summed E-state index contributed by atoms with van der Waals surface area (Å²) >= 11 is 0. The van der Waals surface area contributed by atoms with E-state index in [0.717, 1.165) is 77.5 Å². The number of aryl methyl sites for hydroxylation is 2. The predicted octanol–water partition coefficient (Wildman–Crippen LogP) is 9.64. The zero-order valence-corrected chi connectivity index (χ0v) is 26.4. The lowest BCUT2D eigenvalue weighted by Crippen LogP contribution is -2.03. The Bertz CT molecular complexity index is 2660. The van der Waals surface area contributed by atoms with Gasteiger partial charge in [-0.2, -0.15) is 10.5 Å². The molecule has 6 nitrogen and oxygen atoms in total. The Morgan fingerprint density at radius 1 is 0.458 bits per heavy atom. The summed E-state index contributed by atoms with van der Waals surface area (Å²) in [4.78, 5) is 0. The number of rotatable bonds is 4. The molecule has 4 aromatic heterocycles. The molecule has 226 valence electrons. The maximum atomic E-state index is 11.0. The van der Waals surface area contributed by atoms with Crippen molar-refractivity contribution in [3.63, 3.8) is 0 Å². The molecule has 0 N–H and O–H groups in total. The van der Waals surface area contributed by atoms with Gasteiger partial charge in [-0.15, -0.1) is 0 Å². The second kappa shape index (κ2) is 10.4. The van der Waals surface area contributed by atoms with Crippen molar-refractivity contribution in [2.45, 2.75) is 0 Å². The van der Waals surface area contributed by atoms with Crippen LogP contribution in [0, 0.1) is 22.7 Å². The number of aromatic nitrogens is 4. The van der Waals surface area contributed by atoms with E-state index in [1.165, 1.54) is 0 Å². The van der Waals surface area contributed by atoms with E-state index in [0.29, 0.717) is 11.1 Å². The molecule has 0 fully saturated rings. The van der Waals surface area contributed by atoms with Crippen LogP contribution >= 0.6 is 0 Å². The zero-order chi connectivity index (χ0) is 32.5. The molecule has 48 heavy (non-hydrogen) atoms. The molecule has 6 heteroatoms. The summed E-state index contributed by atoms with van der Waals surface area (Å²) in [5.41, 5.74) is 8.43. The number of hydrogen-bond acceptors (Lipinski definition) is 2. The average molecular weight is 617 g/mol. The Hall–Kier alpha value is -6.76. The van der Waals surface area contributed by atoms with Gasteiger partial charge in [0.1, 0.15) is 17.7 Å². The van der Waals surface area contributed by atoms with Crippen molar-refractivity contribution < 1.29 is 0 Å². The van der Waals surface area contributed by atoms with Crippen molar-refractivity contribution in [2.24, 2.45) is 14.1 Å². The fraction of sp³-hybridized carbons (Fsp3) is 0.0476. The van der Waals surface area contributed by atoms with Gasteiger partial charge in [0.25, 0.3) is 0 Å². The first kappa shape index (κ1) is 27.5. The quantitative estimate of drug-likeness (QED) is 0.198. The first-order chi connectivity index (χ1) is 23.6. The van der Waals surface area contributed by atoms with Gasteiger partial charge in [-0.25, -0.2) is 0 Å². The molecule has 0 radical (unpaired) electrons. The predicted molar refractivity (Wildman–Crippen MR) is 193 cm³/mol. The summed E-state index contributed by atoms with van der Waals surface area (Å²) in [6.45, 7) is 0. The topological polar surface area (TPSA) is 67.3 Å². The third kappa shape index (κ3) is 3.78. The summed E-state index contributed by atoms with van der Waals surface area (Å²) in [7, 11) is 4.08. The van der Waals surface area contributed by atoms with Crippen molar-refractivity contribution in [1.82, 2.24) is 18.3 Å². The summed E-state index contributed by atoms with van der Waals surface area (Å²) in [6, 6.07) is 46.4. The van der Waals surface area contributed by atoms with E-state index < -0.39 is 0 Å². The fourth-order valence-electron chi connectivity index (χ4n) is 7.57. The van der Waals surface area contributed by atoms with Crippen LogP contribution in [0.2, 0.25) is 0 Å². The van der Waals surface area contributed by atoms with Crippen LogP contribution in [-0.4, -0.2) is 18.3 Å². The highest BCUT2D eigenvalue weighted by Gasteiger charge is 2.24. The fourth-order valence-corrected chi connectivity index (χ4v) is 7.57. The largest absolute Gasteiger partial charge is 0.337 e. The van der Waals surface area contributed by atoms with Crippen LogP contribution in [0.3, 0.4) is 0 Å². The molecule has 0 aliphatic heterocycles. The van der Waals surface area contributed by atoms with Crippen LogP contribution in [0.4, 0.5) is 0 Å². The van der Waals surface area contributed by atoms with Gasteiger partial charge in [-0.1, -0.05) is 72.8 Å². The molecule has 0 spiro atoms. The molecule has 4 heterocycles. The van der Waals surface area contributed by atoms with E-state index in [9.17, 15) is 10.5 Å². The molecule has 9 aromatic rings. The van der Waals surface area contributed by atoms with Crippen LogP contribution in [0.25, 0.3) is 77.5 Å². The van der Waals surface area contributed by atoms with Crippen molar-refractivity contribution in [3.8, 4) is 46.0 Å². The van der Waals surface area contributed by atoms with Gasteiger partial charge in [0.15, 0.2) is 0 Å². The van der Waals surface area contributed by atoms with E-state index in [-0.39, 0.29) is 0 Å². The summed E-state index contributed by atoms with van der Waals surface area (Å²) < 4.78 is 8.75. The lowest BCUT2D eigenvalue weighted by Gasteiger charge is -2.17. The summed E-state index contributed by atoms with van der Waals surface area (Å²) in [6.07, 6.45) is 4.08. The number of nitrogens with zero attached hydrogens (tertiary/aromatic N) is 6. The minimum atomic E-state index is 0.496. The molecular weight excluding hydrogens is 589 g/mol. The zero-order valence-electron chi connectivity index (χ0n) is 26.4. The molecule has 0 saturated heterocycles. The molecule has 0 unspecified atom stereocenters. The van der Waals surface area contributed by atoms with Crippen molar-refractivity contribution in [2.75, 3.05) is 0 Å². The SMILES string of the molecule is Cn1cccc1-n1c2ccccc2c2cccc(-c3cc(C#N)cc(-c4cccc5c6ccccc6n(-c6cccn6C)c45)c3C#N)c21. The van der Waals surface area contributed by atoms with Crippen molar-refractivity contribution >= 4 is 43.6 Å². The van der Waals surface area contributed by atoms with Crippen molar-refractivity contribution in [3.05, 3.63) is 145 Å².